The first-order valence-electron chi connectivity index (χ1n) is 10.3. The third-order valence-electron chi connectivity index (χ3n) is 5.61. The standard InChI is InChI=1S/C23H22N6O2/c24-21(31)16-8-4-10-20-18(16)13-26-29(20)23-27-19-9-2-1-7-17(19)22(28-23)25-12-14-5-3-6-15(30)11-14/h3-6,8,10-11,13,30H,1-2,7,9,12H2,(H2,24,31)(H,25,27,28). The molecule has 4 N–H and O–H groups in total. The largest absolute Gasteiger partial charge is 0.508 e. The first kappa shape index (κ1) is 19.0. The van der Waals surface area contributed by atoms with E-state index in [2.05, 4.69) is 10.4 Å². The molecule has 2 aromatic carbocycles. The van der Waals surface area contributed by atoms with Crippen LogP contribution in [0.15, 0.2) is 48.7 Å². The van der Waals surface area contributed by atoms with E-state index in [0.29, 0.717) is 23.4 Å². The van der Waals surface area contributed by atoms with Crippen molar-refractivity contribution >= 4 is 22.6 Å². The van der Waals surface area contributed by atoms with Gasteiger partial charge in [0, 0.05) is 17.5 Å². The van der Waals surface area contributed by atoms with E-state index >= 15 is 0 Å². The molecule has 1 aliphatic rings. The Balaban J connectivity index is 1.57. The molecule has 31 heavy (non-hydrogen) atoms. The van der Waals surface area contributed by atoms with Crippen LogP contribution in [-0.4, -0.2) is 30.8 Å². The second-order valence-electron chi connectivity index (χ2n) is 7.69. The van der Waals surface area contributed by atoms with Crippen LogP contribution in [-0.2, 0) is 19.4 Å². The number of aromatic nitrogens is 4. The van der Waals surface area contributed by atoms with Crippen molar-refractivity contribution in [1.29, 1.82) is 0 Å². The third kappa shape index (κ3) is 3.56. The summed E-state index contributed by atoms with van der Waals surface area (Å²) in [5.74, 6) is 0.969. The fourth-order valence-corrected chi connectivity index (χ4v) is 4.10. The van der Waals surface area contributed by atoms with Crippen LogP contribution in [0.1, 0.15) is 40.0 Å². The number of carbonyl (C=O) groups is 1. The van der Waals surface area contributed by atoms with Gasteiger partial charge in [-0.25, -0.2) is 4.98 Å². The predicted octanol–water partition coefficient (Wildman–Crippen LogP) is 3.11. The maximum absolute atomic E-state index is 11.8. The van der Waals surface area contributed by atoms with E-state index in [4.69, 9.17) is 15.7 Å². The van der Waals surface area contributed by atoms with Gasteiger partial charge in [-0.1, -0.05) is 18.2 Å². The molecule has 8 nitrogen and oxygen atoms in total. The Morgan fingerprint density at radius 1 is 1.13 bits per heavy atom. The second kappa shape index (κ2) is 7.71. The molecule has 1 amide bonds. The highest BCUT2D eigenvalue weighted by molar-refractivity contribution is 6.05. The maximum Gasteiger partial charge on any atom is 0.253 e. The number of phenols is 1. The third-order valence-corrected chi connectivity index (χ3v) is 5.61. The molecule has 0 atom stereocenters. The molecule has 0 fully saturated rings. The molecule has 0 radical (unpaired) electrons. The fraction of sp³-hybridized carbons (Fsp3) is 0.217. The molecule has 2 heterocycles. The van der Waals surface area contributed by atoms with E-state index in [0.717, 1.165) is 53.8 Å². The van der Waals surface area contributed by atoms with E-state index in [1.165, 1.54) is 0 Å². The Morgan fingerprint density at radius 3 is 2.81 bits per heavy atom. The zero-order valence-corrected chi connectivity index (χ0v) is 16.9. The number of amides is 1. The van der Waals surface area contributed by atoms with E-state index in [9.17, 15) is 9.90 Å². The van der Waals surface area contributed by atoms with Crippen molar-refractivity contribution in [2.75, 3.05) is 5.32 Å². The zero-order valence-electron chi connectivity index (χ0n) is 16.9. The van der Waals surface area contributed by atoms with Crippen LogP contribution in [0.25, 0.3) is 16.9 Å². The van der Waals surface area contributed by atoms with Gasteiger partial charge in [-0.05, 0) is 55.5 Å². The summed E-state index contributed by atoms with van der Waals surface area (Å²) in [6.45, 7) is 0.531. The van der Waals surface area contributed by atoms with Gasteiger partial charge in [0.25, 0.3) is 5.95 Å². The first-order valence-corrected chi connectivity index (χ1v) is 10.3. The molecule has 0 unspecified atom stereocenters. The average molecular weight is 414 g/mol. The van der Waals surface area contributed by atoms with Gasteiger partial charge in [0.05, 0.1) is 23.0 Å². The summed E-state index contributed by atoms with van der Waals surface area (Å²) in [6.07, 6.45) is 5.61. The van der Waals surface area contributed by atoms with Gasteiger partial charge in [0.2, 0.25) is 5.91 Å². The van der Waals surface area contributed by atoms with Crippen molar-refractivity contribution in [3.05, 3.63) is 71.0 Å². The van der Waals surface area contributed by atoms with Crippen molar-refractivity contribution in [1.82, 2.24) is 19.7 Å². The molecule has 0 aliphatic heterocycles. The van der Waals surface area contributed by atoms with Crippen LogP contribution >= 0.6 is 0 Å². The normalized spacial score (nSPS) is 13.2. The lowest BCUT2D eigenvalue weighted by Crippen LogP contribution is -2.16. The first-order chi connectivity index (χ1) is 15.1. The van der Waals surface area contributed by atoms with Crippen LogP contribution in [0, 0.1) is 0 Å². The molecule has 156 valence electrons. The van der Waals surface area contributed by atoms with Gasteiger partial charge >= 0.3 is 0 Å². The molecule has 8 heteroatoms. The highest BCUT2D eigenvalue weighted by Crippen LogP contribution is 2.28. The van der Waals surface area contributed by atoms with Gasteiger partial charge in [-0.15, -0.1) is 0 Å². The molecule has 4 aromatic rings. The van der Waals surface area contributed by atoms with Crippen molar-refractivity contribution in [2.24, 2.45) is 5.73 Å². The number of benzene rings is 2. The minimum absolute atomic E-state index is 0.234. The molecule has 2 aromatic heterocycles. The molecule has 0 saturated heterocycles. The number of nitrogens with zero attached hydrogens (tertiary/aromatic N) is 4. The maximum atomic E-state index is 11.8. The van der Waals surface area contributed by atoms with Crippen molar-refractivity contribution in [2.45, 2.75) is 32.2 Å². The lowest BCUT2D eigenvalue weighted by Gasteiger charge is -2.20. The highest BCUT2D eigenvalue weighted by Gasteiger charge is 2.20. The van der Waals surface area contributed by atoms with E-state index < -0.39 is 5.91 Å². The number of carbonyl (C=O) groups excluding carboxylic acids is 1. The SMILES string of the molecule is NC(=O)c1cccc2c1cnn2-c1nc2c(c(NCc3cccc(O)c3)n1)CCCC2. The van der Waals surface area contributed by atoms with Crippen molar-refractivity contribution < 1.29 is 9.90 Å². The zero-order chi connectivity index (χ0) is 21.4. The lowest BCUT2D eigenvalue weighted by molar-refractivity contribution is 0.100. The van der Waals surface area contributed by atoms with Crippen LogP contribution in [0.3, 0.4) is 0 Å². The number of fused-ring (bicyclic) bond motifs is 2. The number of aryl methyl sites for hydroxylation is 1. The Hall–Kier alpha value is -3.94. The minimum Gasteiger partial charge on any atom is -0.508 e. The number of rotatable bonds is 5. The molecule has 0 bridgehead atoms. The molecule has 5 rings (SSSR count). The van der Waals surface area contributed by atoms with Gasteiger partial charge in [0.15, 0.2) is 0 Å². The number of primary amides is 1. The number of nitrogens with one attached hydrogen (secondary N) is 1. The molecule has 0 saturated carbocycles. The number of hydrogen-bond acceptors (Lipinski definition) is 6. The molecule has 1 aliphatic carbocycles. The second-order valence-corrected chi connectivity index (χ2v) is 7.69. The van der Waals surface area contributed by atoms with Gasteiger partial charge in [0.1, 0.15) is 11.6 Å². The van der Waals surface area contributed by atoms with E-state index in [-0.39, 0.29) is 5.75 Å². The summed E-state index contributed by atoms with van der Waals surface area (Å²) >= 11 is 0. The predicted molar refractivity (Wildman–Crippen MR) is 117 cm³/mol. The smallest absolute Gasteiger partial charge is 0.253 e. The summed E-state index contributed by atoms with van der Waals surface area (Å²) in [5.41, 5.74) is 9.77. The number of aromatic hydroxyl groups is 1. The topological polar surface area (TPSA) is 119 Å². The number of hydrogen-bond donors (Lipinski definition) is 3. The van der Waals surface area contributed by atoms with Crippen LogP contribution in [0.4, 0.5) is 5.82 Å². The summed E-state index contributed by atoms with van der Waals surface area (Å²) < 4.78 is 1.65. The summed E-state index contributed by atoms with van der Waals surface area (Å²) in [4.78, 5) is 21.4. The average Bonchev–Trinajstić information content (AvgIpc) is 3.21. The minimum atomic E-state index is -0.495. The lowest BCUT2D eigenvalue weighted by atomic mass is 9.96. The van der Waals surface area contributed by atoms with Gasteiger partial charge in [-0.3, -0.25) is 4.79 Å². The summed E-state index contributed by atoms with van der Waals surface area (Å²) in [6, 6.07) is 12.5. The number of nitrogens with two attached hydrogens (primary N) is 1. The quantitative estimate of drug-likeness (QED) is 0.462. The Labute approximate surface area is 178 Å². The summed E-state index contributed by atoms with van der Waals surface area (Å²) in [5, 5.41) is 18.3. The van der Waals surface area contributed by atoms with E-state index in [1.807, 2.05) is 18.2 Å². The summed E-state index contributed by atoms with van der Waals surface area (Å²) in [7, 11) is 0. The molecule has 0 spiro atoms. The number of phenolic OH excluding ortho intramolecular Hbond substituents is 1. The van der Waals surface area contributed by atoms with Gasteiger partial charge < -0.3 is 16.2 Å². The fourth-order valence-electron chi connectivity index (χ4n) is 4.10. The Kier molecular flexibility index (Phi) is 4.74. The van der Waals surface area contributed by atoms with Crippen LogP contribution < -0.4 is 11.1 Å². The van der Waals surface area contributed by atoms with Crippen molar-refractivity contribution in [3.63, 3.8) is 0 Å². The van der Waals surface area contributed by atoms with Crippen LogP contribution in [0.5, 0.6) is 5.75 Å². The van der Waals surface area contributed by atoms with E-state index in [1.54, 1.807) is 35.1 Å². The molecular formula is C23H22N6O2. The van der Waals surface area contributed by atoms with Crippen LogP contribution in [0.2, 0.25) is 0 Å². The van der Waals surface area contributed by atoms with Crippen molar-refractivity contribution in [3.8, 4) is 11.7 Å². The monoisotopic (exact) mass is 414 g/mol. The molecular weight excluding hydrogens is 392 g/mol. The Bertz CT molecular complexity index is 1300. The Morgan fingerprint density at radius 2 is 1.97 bits per heavy atom. The number of anilines is 1. The van der Waals surface area contributed by atoms with Gasteiger partial charge in [-0.2, -0.15) is 14.8 Å². The highest BCUT2D eigenvalue weighted by atomic mass is 16.3.